The molecule has 3 heteroatoms. The van der Waals surface area contributed by atoms with Gasteiger partial charge in [0, 0.05) is 11.9 Å². The summed E-state index contributed by atoms with van der Waals surface area (Å²) >= 11 is 0. The van der Waals surface area contributed by atoms with Gasteiger partial charge in [0.1, 0.15) is 0 Å². The predicted octanol–water partition coefficient (Wildman–Crippen LogP) is 1.69. The highest BCUT2D eigenvalue weighted by Crippen LogP contribution is 2.07. The Morgan fingerprint density at radius 2 is 2.36 bits per heavy atom. The van der Waals surface area contributed by atoms with E-state index in [1.165, 1.54) is 0 Å². The standard InChI is InChI=1S/C11H11N2O/c1-2-4-8-7-10-9(11(14)13-8)5-3-6-12-10/h3,5-7H,1-2,4H2,(H,13,14). The largest absolute Gasteiger partial charge is 0.326 e. The summed E-state index contributed by atoms with van der Waals surface area (Å²) in [6.45, 7) is 3.75. The van der Waals surface area contributed by atoms with Gasteiger partial charge in [0.05, 0.1) is 10.9 Å². The minimum atomic E-state index is -0.0703. The van der Waals surface area contributed by atoms with Crippen molar-refractivity contribution in [2.45, 2.75) is 12.8 Å². The molecule has 3 nitrogen and oxygen atoms in total. The van der Waals surface area contributed by atoms with Gasteiger partial charge in [-0.1, -0.05) is 6.92 Å². The second-order valence-electron chi connectivity index (χ2n) is 3.16. The molecule has 0 aliphatic carbocycles. The highest BCUT2D eigenvalue weighted by Gasteiger charge is 2.00. The lowest BCUT2D eigenvalue weighted by atomic mass is 10.2. The van der Waals surface area contributed by atoms with E-state index in [-0.39, 0.29) is 5.56 Å². The molecule has 2 heterocycles. The van der Waals surface area contributed by atoms with Crippen LogP contribution in [0.5, 0.6) is 0 Å². The van der Waals surface area contributed by atoms with Crippen molar-refractivity contribution in [3.8, 4) is 0 Å². The van der Waals surface area contributed by atoms with Crippen molar-refractivity contribution < 1.29 is 0 Å². The smallest absolute Gasteiger partial charge is 0.257 e. The first kappa shape index (κ1) is 8.94. The average Bonchev–Trinajstić information content (AvgIpc) is 2.18. The van der Waals surface area contributed by atoms with E-state index in [2.05, 4.69) is 16.9 Å². The van der Waals surface area contributed by atoms with Crippen molar-refractivity contribution in [3.63, 3.8) is 0 Å². The monoisotopic (exact) mass is 187 g/mol. The quantitative estimate of drug-likeness (QED) is 0.777. The maximum absolute atomic E-state index is 11.6. The minimum Gasteiger partial charge on any atom is -0.326 e. The number of aromatic nitrogens is 2. The van der Waals surface area contributed by atoms with Gasteiger partial charge in [0.2, 0.25) is 0 Å². The van der Waals surface area contributed by atoms with Crippen LogP contribution < -0.4 is 5.56 Å². The van der Waals surface area contributed by atoms with Gasteiger partial charge in [-0.25, -0.2) is 0 Å². The van der Waals surface area contributed by atoms with Crippen molar-refractivity contribution in [2.24, 2.45) is 0 Å². The topological polar surface area (TPSA) is 45.8 Å². The summed E-state index contributed by atoms with van der Waals surface area (Å²) < 4.78 is 0. The van der Waals surface area contributed by atoms with E-state index >= 15 is 0 Å². The molecule has 2 rings (SSSR count). The summed E-state index contributed by atoms with van der Waals surface area (Å²) in [5, 5.41) is 0.639. The molecule has 1 N–H and O–H groups in total. The molecule has 0 fully saturated rings. The molecular weight excluding hydrogens is 176 g/mol. The van der Waals surface area contributed by atoms with E-state index in [4.69, 9.17) is 0 Å². The molecule has 0 atom stereocenters. The van der Waals surface area contributed by atoms with Crippen LogP contribution in [0.4, 0.5) is 0 Å². The molecule has 2 aromatic rings. The van der Waals surface area contributed by atoms with Crippen LogP contribution in [0.1, 0.15) is 12.1 Å². The Labute approximate surface area is 81.8 Å². The molecule has 0 spiro atoms. The summed E-state index contributed by atoms with van der Waals surface area (Å²) in [6.07, 6.45) is 3.24. The molecule has 0 aliphatic heterocycles. The SMILES string of the molecule is [CH2]CCc1cc2ncccc2c(=O)[nH]1. The van der Waals surface area contributed by atoms with Crippen LogP contribution in [-0.4, -0.2) is 9.97 Å². The van der Waals surface area contributed by atoms with E-state index in [0.717, 1.165) is 24.1 Å². The van der Waals surface area contributed by atoms with Gasteiger partial charge in [0.25, 0.3) is 5.56 Å². The Bertz CT molecular complexity index is 502. The summed E-state index contributed by atoms with van der Waals surface area (Å²) in [6, 6.07) is 5.44. The molecule has 0 unspecified atom stereocenters. The molecule has 14 heavy (non-hydrogen) atoms. The third-order valence-electron chi connectivity index (χ3n) is 2.11. The highest BCUT2D eigenvalue weighted by molar-refractivity contribution is 5.77. The van der Waals surface area contributed by atoms with Gasteiger partial charge in [-0.05, 0) is 31.0 Å². The van der Waals surface area contributed by atoms with Crippen LogP contribution >= 0.6 is 0 Å². The van der Waals surface area contributed by atoms with Crippen molar-refractivity contribution >= 4 is 10.9 Å². The maximum Gasteiger partial charge on any atom is 0.257 e. The van der Waals surface area contributed by atoms with E-state index < -0.39 is 0 Å². The summed E-state index contributed by atoms with van der Waals surface area (Å²) in [5.41, 5.74) is 1.58. The van der Waals surface area contributed by atoms with Crippen LogP contribution in [-0.2, 0) is 6.42 Å². The zero-order chi connectivity index (χ0) is 9.97. The number of H-pyrrole nitrogens is 1. The minimum absolute atomic E-state index is 0.0703. The normalized spacial score (nSPS) is 10.6. The Kier molecular flexibility index (Phi) is 2.31. The van der Waals surface area contributed by atoms with Crippen molar-refractivity contribution in [2.75, 3.05) is 0 Å². The first-order valence-corrected chi connectivity index (χ1v) is 4.57. The molecule has 0 saturated carbocycles. The average molecular weight is 187 g/mol. The lowest BCUT2D eigenvalue weighted by molar-refractivity contribution is 0.935. The van der Waals surface area contributed by atoms with E-state index in [9.17, 15) is 4.79 Å². The van der Waals surface area contributed by atoms with Crippen LogP contribution in [0.15, 0.2) is 29.2 Å². The Morgan fingerprint density at radius 3 is 3.14 bits per heavy atom. The highest BCUT2D eigenvalue weighted by atomic mass is 16.1. The zero-order valence-electron chi connectivity index (χ0n) is 7.79. The van der Waals surface area contributed by atoms with E-state index in [0.29, 0.717) is 5.39 Å². The zero-order valence-corrected chi connectivity index (χ0v) is 7.79. The molecule has 2 aromatic heterocycles. The number of fused-ring (bicyclic) bond motifs is 1. The Morgan fingerprint density at radius 1 is 1.50 bits per heavy atom. The second kappa shape index (κ2) is 3.62. The fourth-order valence-electron chi connectivity index (χ4n) is 1.46. The maximum atomic E-state index is 11.6. The third kappa shape index (κ3) is 1.53. The van der Waals surface area contributed by atoms with Gasteiger partial charge < -0.3 is 4.98 Å². The number of pyridine rings is 2. The number of rotatable bonds is 2. The molecule has 0 amide bonds. The molecular formula is C11H11N2O. The van der Waals surface area contributed by atoms with Gasteiger partial charge >= 0.3 is 0 Å². The van der Waals surface area contributed by atoms with Crippen LogP contribution in [0.2, 0.25) is 0 Å². The number of nitrogens with zero attached hydrogens (tertiary/aromatic N) is 1. The second-order valence-corrected chi connectivity index (χ2v) is 3.16. The number of nitrogens with one attached hydrogen (secondary N) is 1. The van der Waals surface area contributed by atoms with Gasteiger partial charge in [0.15, 0.2) is 0 Å². The fourth-order valence-corrected chi connectivity index (χ4v) is 1.46. The van der Waals surface area contributed by atoms with E-state index in [1.54, 1.807) is 18.3 Å². The van der Waals surface area contributed by atoms with Crippen LogP contribution in [0.3, 0.4) is 0 Å². The lowest BCUT2D eigenvalue weighted by Gasteiger charge is -2.00. The summed E-state index contributed by atoms with van der Waals surface area (Å²) in [5.74, 6) is 0. The molecule has 71 valence electrons. The molecule has 0 aromatic carbocycles. The summed E-state index contributed by atoms with van der Waals surface area (Å²) in [7, 11) is 0. The van der Waals surface area contributed by atoms with Crippen molar-refractivity contribution in [1.82, 2.24) is 9.97 Å². The fraction of sp³-hybridized carbons (Fsp3) is 0.182. The van der Waals surface area contributed by atoms with Gasteiger partial charge in [-0.3, -0.25) is 9.78 Å². The number of aryl methyl sites for hydroxylation is 1. The predicted molar refractivity (Wildman–Crippen MR) is 56.0 cm³/mol. The summed E-state index contributed by atoms with van der Waals surface area (Å²) in [4.78, 5) is 18.5. The van der Waals surface area contributed by atoms with Crippen LogP contribution in [0, 0.1) is 6.92 Å². The molecule has 1 radical (unpaired) electrons. The Hall–Kier alpha value is -1.64. The molecule has 0 aliphatic rings. The molecule has 0 bridgehead atoms. The molecule has 0 saturated heterocycles. The Balaban J connectivity index is 2.66. The number of aromatic amines is 1. The first-order valence-electron chi connectivity index (χ1n) is 4.57. The van der Waals surface area contributed by atoms with Crippen molar-refractivity contribution in [1.29, 1.82) is 0 Å². The van der Waals surface area contributed by atoms with E-state index in [1.807, 2.05) is 6.07 Å². The van der Waals surface area contributed by atoms with Crippen molar-refractivity contribution in [3.05, 3.63) is 47.4 Å². The first-order chi connectivity index (χ1) is 6.81. The van der Waals surface area contributed by atoms with Gasteiger partial charge in [-0.2, -0.15) is 0 Å². The van der Waals surface area contributed by atoms with Gasteiger partial charge in [-0.15, -0.1) is 0 Å². The number of hydrogen-bond donors (Lipinski definition) is 1. The number of hydrogen-bond acceptors (Lipinski definition) is 2. The third-order valence-corrected chi connectivity index (χ3v) is 2.11. The lowest BCUT2D eigenvalue weighted by Crippen LogP contribution is -2.09. The van der Waals surface area contributed by atoms with Crippen LogP contribution in [0.25, 0.3) is 10.9 Å².